The molecule has 1 atom stereocenters. The summed E-state index contributed by atoms with van der Waals surface area (Å²) in [5.74, 6) is 1.44. The predicted molar refractivity (Wildman–Crippen MR) is 127 cm³/mol. The number of nitrogens with one attached hydrogen (secondary N) is 1. The Labute approximate surface area is 192 Å². The molecule has 3 aromatic heterocycles. The summed E-state index contributed by atoms with van der Waals surface area (Å²) >= 11 is 0. The lowest BCUT2D eigenvalue weighted by atomic mass is 9.96. The van der Waals surface area contributed by atoms with Crippen LogP contribution in [0.5, 0.6) is 0 Å². The van der Waals surface area contributed by atoms with Gasteiger partial charge in [-0.25, -0.2) is 9.97 Å². The molecule has 1 fully saturated rings. The Morgan fingerprint density at radius 2 is 1.85 bits per heavy atom. The molecule has 7 nitrogen and oxygen atoms in total. The van der Waals surface area contributed by atoms with Gasteiger partial charge in [-0.2, -0.15) is 0 Å². The lowest BCUT2D eigenvalue weighted by Crippen LogP contribution is -2.39. The van der Waals surface area contributed by atoms with Gasteiger partial charge in [0.1, 0.15) is 17.3 Å². The van der Waals surface area contributed by atoms with Crippen molar-refractivity contribution in [3.63, 3.8) is 0 Å². The average Bonchev–Trinajstić information content (AvgIpc) is 2.90. The maximum Gasteiger partial charge on any atom is 0.272 e. The second-order valence-corrected chi connectivity index (χ2v) is 8.03. The molecule has 1 aliphatic rings. The van der Waals surface area contributed by atoms with E-state index in [1.54, 1.807) is 24.7 Å². The molecule has 1 aromatic carbocycles. The summed E-state index contributed by atoms with van der Waals surface area (Å²) in [5, 5.41) is 3.39. The van der Waals surface area contributed by atoms with Crippen molar-refractivity contribution in [2.24, 2.45) is 0 Å². The molecular formula is C26H24N6O. The van der Waals surface area contributed by atoms with Crippen LogP contribution >= 0.6 is 0 Å². The first-order valence-corrected chi connectivity index (χ1v) is 11.1. The molecule has 0 radical (unpaired) electrons. The van der Waals surface area contributed by atoms with E-state index >= 15 is 0 Å². The second-order valence-electron chi connectivity index (χ2n) is 8.03. The van der Waals surface area contributed by atoms with Gasteiger partial charge in [0.2, 0.25) is 0 Å². The number of likely N-dealkylation sites (tertiary alicyclic amines) is 1. The highest BCUT2D eigenvalue weighted by atomic mass is 16.2. The van der Waals surface area contributed by atoms with Crippen LogP contribution in [-0.4, -0.2) is 43.8 Å². The van der Waals surface area contributed by atoms with Crippen LogP contribution in [-0.2, 0) is 0 Å². The standard InChI is InChI=1S/C26H24N6O/c33-26(22-12-4-5-14-28-22)32-15-7-9-20(18-32)25-30-23(19-8-6-13-27-17-19)16-24(31-25)29-21-10-2-1-3-11-21/h1-6,8,10-14,16-17,20H,7,9,15,18H2,(H,29,30,31)/t20-/m1/s1. The Hall–Kier alpha value is -4.13. The summed E-state index contributed by atoms with van der Waals surface area (Å²) in [4.78, 5) is 33.0. The van der Waals surface area contributed by atoms with Crippen LogP contribution in [0.1, 0.15) is 35.1 Å². The SMILES string of the molecule is O=C(c1ccccn1)N1CCC[C@@H](c2nc(Nc3ccccc3)cc(-c3cccnc3)n2)C1. The topological polar surface area (TPSA) is 83.9 Å². The van der Waals surface area contributed by atoms with E-state index in [4.69, 9.17) is 9.97 Å². The third kappa shape index (κ3) is 4.87. The number of pyridine rings is 2. The zero-order valence-electron chi connectivity index (χ0n) is 18.1. The lowest BCUT2D eigenvalue weighted by molar-refractivity contribution is 0.0698. The van der Waals surface area contributed by atoms with Crippen LogP contribution in [0.25, 0.3) is 11.3 Å². The summed E-state index contributed by atoms with van der Waals surface area (Å²) in [6, 6.07) is 21.2. The number of rotatable bonds is 5. The zero-order chi connectivity index (χ0) is 22.5. The highest BCUT2D eigenvalue weighted by Crippen LogP contribution is 2.29. The van der Waals surface area contributed by atoms with E-state index < -0.39 is 0 Å². The highest BCUT2D eigenvalue weighted by molar-refractivity contribution is 5.92. The van der Waals surface area contributed by atoms with Gasteiger partial charge in [-0.15, -0.1) is 0 Å². The number of benzene rings is 1. The number of hydrogen-bond acceptors (Lipinski definition) is 6. The maximum atomic E-state index is 13.0. The van der Waals surface area contributed by atoms with E-state index in [-0.39, 0.29) is 11.8 Å². The first-order chi connectivity index (χ1) is 16.3. The van der Waals surface area contributed by atoms with Crippen LogP contribution in [0.2, 0.25) is 0 Å². The average molecular weight is 437 g/mol. The second kappa shape index (κ2) is 9.56. The molecule has 4 heterocycles. The van der Waals surface area contributed by atoms with Crippen LogP contribution in [0.4, 0.5) is 11.5 Å². The van der Waals surface area contributed by atoms with Gasteiger partial charge in [0.25, 0.3) is 5.91 Å². The predicted octanol–water partition coefficient (Wildman–Crippen LogP) is 4.70. The molecule has 0 aliphatic carbocycles. The van der Waals surface area contributed by atoms with Crippen LogP contribution < -0.4 is 5.32 Å². The van der Waals surface area contributed by atoms with Crippen LogP contribution in [0.3, 0.4) is 0 Å². The van der Waals surface area contributed by atoms with Crippen molar-refractivity contribution in [1.82, 2.24) is 24.8 Å². The molecule has 33 heavy (non-hydrogen) atoms. The van der Waals surface area contributed by atoms with Crippen molar-refractivity contribution in [3.05, 3.63) is 96.8 Å². The molecule has 0 spiro atoms. The minimum absolute atomic E-state index is 0.0411. The molecule has 1 saturated heterocycles. The van der Waals surface area contributed by atoms with Crippen molar-refractivity contribution in [1.29, 1.82) is 0 Å². The zero-order valence-corrected chi connectivity index (χ0v) is 18.1. The molecule has 0 unspecified atom stereocenters. The van der Waals surface area contributed by atoms with Crippen LogP contribution in [0, 0.1) is 0 Å². The Morgan fingerprint density at radius 3 is 2.64 bits per heavy atom. The van der Waals surface area contributed by atoms with E-state index in [2.05, 4.69) is 15.3 Å². The van der Waals surface area contributed by atoms with Crippen molar-refractivity contribution in [3.8, 4) is 11.3 Å². The fourth-order valence-electron chi connectivity index (χ4n) is 4.07. The Bertz CT molecular complexity index is 1220. The number of nitrogens with zero attached hydrogens (tertiary/aromatic N) is 5. The third-order valence-corrected chi connectivity index (χ3v) is 5.70. The number of hydrogen-bond donors (Lipinski definition) is 1. The van der Waals surface area contributed by atoms with Gasteiger partial charge in [-0.05, 0) is 49.2 Å². The van der Waals surface area contributed by atoms with Gasteiger partial charge in [-0.1, -0.05) is 24.3 Å². The number of carbonyl (C=O) groups excluding carboxylic acids is 1. The molecule has 164 valence electrons. The fourth-order valence-corrected chi connectivity index (χ4v) is 4.07. The summed E-state index contributed by atoms with van der Waals surface area (Å²) in [5.41, 5.74) is 3.15. The summed E-state index contributed by atoms with van der Waals surface area (Å²) in [6.07, 6.45) is 7.02. The van der Waals surface area contributed by atoms with Gasteiger partial charge < -0.3 is 10.2 Å². The molecule has 0 saturated carbocycles. The fraction of sp³-hybridized carbons (Fsp3) is 0.192. The molecule has 1 aliphatic heterocycles. The number of aromatic nitrogens is 4. The first-order valence-electron chi connectivity index (χ1n) is 11.1. The first kappa shape index (κ1) is 20.8. The van der Waals surface area contributed by atoms with Gasteiger partial charge in [0, 0.05) is 54.9 Å². The highest BCUT2D eigenvalue weighted by Gasteiger charge is 2.28. The summed E-state index contributed by atoms with van der Waals surface area (Å²) < 4.78 is 0. The van der Waals surface area contributed by atoms with E-state index in [9.17, 15) is 4.79 Å². The molecular weight excluding hydrogens is 412 g/mol. The summed E-state index contributed by atoms with van der Waals surface area (Å²) in [7, 11) is 0. The number of anilines is 2. The van der Waals surface area contributed by atoms with Crippen molar-refractivity contribution >= 4 is 17.4 Å². The van der Waals surface area contributed by atoms with Crippen LogP contribution in [0.15, 0.2) is 85.3 Å². The number of amides is 1. The van der Waals surface area contributed by atoms with E-state index in [0.717, 1.165) is 41.4 Å². The monoisotopic (exact) mass is 436 g/mol. The minimum atomic E-state index is -0.0497. The normalized spacial score (nSPS) is 15.8. The number of piperidine rings is 1. The molecule has 0 bridgehead atoms. The van der Waals surface area contributed by atoms with E-state index in [0.29, 0.717) is 18.8 Å². The minimum Gasteiger partial charge on any atom is -0.340 e. The summed E-state index contributed by atoms with van der Waals surface area (Å²) in [6.45, 7) is 1.28. The van der Waals surface area contributed by atoms with E-state index in [1.165, 1.54) is 0 Å². The maximum absolute atomic E-state index is 13.0. The molecule has 1 amide bonds. The largest absolute Gasteiger partial charge is 0.340 e. The van der Waals surface area contributed by atoms with Gasteiger partial charge in [0.05, 0.1) is 5.69 Å². The smallest absolute Gasteiger partial charge is 0.272 e. The number of carbonyl (C=O) groups is 1. The van der Waals surface area contributed by atoms with Crippen molar-refractivity contribution in [2.75, 3.05) is 18.4 Å². The lowest BCUT2D eigenvalue weighted by Gasteiger charge is -2.32. The Kier molecular flexibility index (Phi) is 6.01. The molecule has 4 aromatic rings. The van der Waals surface area contributed by atoms with Gasteiger partial charge >= 0.3 is 0 Å². The molecule has 1 N–H and O–H groups in total. The van der Waals surface area contributed by atoms with E-state index in [1.807, 2.05) is 65.6 Å². The van der Waals surface area contributed by atoms with Gasteiger partial charge in [0.15, 0.2) is 0 Å². The van der Waals surface area contributed by atoms with Gasteiger partial charge in [-0.3, -0.25) is 14.8 Å². The molecule has 5 rings (SSSR count). The molecule has 7 heteroatoms. The Balaban J connectivity index is 1.46. The Morgan fingerprint density at radius 1 is 0.970 bits per heavy atom. The third-order valence-electron chi connectivity index (χ3n) is 5.70. The van der Waals surface area contributed by atoms with Crippen molar-refractivity contribution < 1.29 is 4.79 Å². The van der Waals surface area contributed by atoms with Crippen molar-refractivity contribution in [2.45, 2.75) is 18.8 Å². The quantitative estimate of drug-likeness (QED) is 0.488. The number of para-hydroxylation sites is 1.